The van der Waals surface area contributed by atoms with Crippen molar-refractivity contribution in [3.05, 3.63) is 42.2 Å². The summed E-state index contributed by atoms with van der Waals surface area (Å²) >= 11 is 0. The van der Waals surface area contributed by atoms with E-state index in [0.717, 1.165) is 38.0 Å². The Labute approximate surface area is 150 Å². The molecule has 2 heterocycles. The number of hydrogen-bond donors (Lipinski definition) is 1. The second-order valence-corrected chi connectivity index (χ2v) is 8.45. The molecule has 2 aliphatic carbocycles. The Balaban J connectivity index is 1.42. The maximum atomic E-state index is 12.5. The van der Waals surface area contributed by atoms with Gasteiger partial charge in [0, 0.05) is 12.1 Å². The zero-order chi connectivity index (χ0) is 17.4. The fourth-order valence-electron chi connectivity index (χ4n) is 5.46. The van der Waals surface area contributed by atoms with Crippen molar-refractivity contribution >= 4 is 5.97 Å². The molecular formula is C21H29N2O2+. The lowest BCUT2D eigenvalue weighted by Crippen LogP contribution is -2.84. The van der Waals surface area contributed by atoms with Crippen LogP contribution >= 0.6 is 0 Å². The summed E-state index contributed by atoms with van der Waals surface area (Å²) < 4.78 is 5.83. The number of hydrogen-bond acceptors (Lipinski definition) is 3. The number of quaternary nitrogens is 1. The van der Waals surface area contributed by atoms with Crippen LogP contribution in [0, 0.1) is 23.2 Å². The zero-order valence-corrected chi connectivity index (χ0v) is 15.1. The topological polar surface area (TPSA) is 55.8 Å². The molecule has 0 bridgehead atoms. The summed E-state index contributed by atoms with van der Waals surface area (Å²) in [6.45, 7) is 8.36. The molecule has 3 aliphatic rings. The third kappa shape index (κ3) is 3.12. The Morgan fingerprint density at radius 2 is 2.32 bits per heavy atom. The molecule has 25 heavy (non-hydrogen) atoms. The molecule has 2 saturated carbocycles. The SMILES string of the molecule is C=C1CCC[C@]2(C)C[C@H]3OC(=O)[C@@H](C[NH2+]Cc4ccccn4)[C@H]3C[C@@H]12. The molecular weight excluding hydrogens is 312 g/mol. The summed E-state index contributed by atoms with van der Waals surface area (Å²) in [5, 5.41) is 2.21. The number of pyridine rings is 1. The normalized spacial score (nSPS) is 37.3. The van der Waals surface area contributed by atoms with Crippen LogP contribution in [0.2, 0.25) is 0 Å². The van der Waals surface area contributed by atoms with Crippen LogP contribution in [0.15, 0.2) is 36.5 Å². The maximum absolute atomic E-state index is 12.5. The van der Waals surface area contributed by atoms with Gasteiger partial charge in [-0.2, -0.15) is 0 Å². The van der Waals surface area contributed by atoms with E-state index < -0.39 is 0 Å². The molecule has 5 atom stereocenters. The van der Waals surface area contributed by atoms with Crippen molar-refractivity contribution in [3.63, 3.8) is 0 Å². The second kappa shape index (κ2) is 6.56. The van der Waals surface area contributed by atoms with Crippen molar-refractivity contribution in [2.24, 2.45) is 23.2 Å². The van der Waals surface area contributed by atoms with Crippen LogP contribution < -0.4 is 5.32 Å². The number of carbonyl (C=O) groups is 1. The van der Waals surface area contributed by atoms with Gasteiger partial charge in [-0.05, 0) is 55.6 Å². The Bertz CT molecular complexity index is 659. The lowest BCUT2D eigenvalue weighted by molar-refractivity contribution is -0.675. The predicted molar refractivity (Wildman–Crippen MR) is 95.4 cm³/mol. The monoisotopic (exact) mass is 341 g/mol. The minimum Gasteiger partial charge on any atom is -0.462 e. The fraction of sp³-hybridized carbons (Fsp3) is 0.619. The third-order valence-electron chi connectivity index (χ3n) is 6.82. The minimum atomic E-state index is 0.0140. The molecule has 0 spiro atoms. The first-order valence-corrected chi connectivity index (χ1v) is 9.66. The van der Waals surface area contributed by atoms with E-state index in [1.807, 2.05) is 24.4 Å². The average Bonchev–Trinajstić information content (AvgIpc) is 2.88. The quantitative estimate of drug-likeness (QED) is 0.676. The third-order valence-corrected chi connectivity index (χ3v) is 6.82. The van der Waals surface area contributed by atoms with E-state index in [1.165, 1.54) is 18.4 Å². The van der Waals surface area contributed by atoms with E-state index in [0.29, 0.717) is 11.8 Å². The first-order valence-electron chi connectivity index (χ1n) is 9.66. The van der Waals surface area contributed by atoms with Gasteiger partial charge in [0.2, 0.25) is 0 Å². The minimum absolute atomic E-state index is 0.0140. The van der Waals surface area contributed by atoms with Gasteiger partial charge in [-0.15, -0.1) is 0 Å². The first kappa shape index (κ1) is 16.8. The number of allylic oxidation sites excluding steroid dienone is 1. The average molecular weight is 341 g/mol. The highest BCUT2D eigenvalue weighted by Crippen LogP contribution is 2.56. The number of carbonyl (C=O) groups excluding carboxylic acids is 1. The molecule has 0 amide bonds. The van der Waals surface area contributed by atoms with Gasteiger partial charge >= 0.3 is 5.97 Å². The number of esters is 1. The molecule has 134 valence electrons. The molecule has 4 nitrogen and oxygen atoms in total. The number of aromatic nitrogens is 1. The zero-order valence-electron chi connectivity index (χ0n) is 15.1. The van der Waals surface area contributed by atoms with Gasteiger partial charge < -0.3 is 10.1 Å². The van der Waals surface area contributed by atoms with Gasteiger partial charge in [0.05, 0.1) is 12.2 Å². The molecule has 4 heteroatoms. The van der Waals surface area contributed by atoms with Crippen molar-refractivity contribution in [2.75, 3.05) is 6.54 Å². The van der Waals surface area contributed by atoms with Gasteiger partial charge in [0.25, 0.3) is 0 Å². The molecule has 0 unspecified atom stereocenters. The molecule has 1 saturated heterocycles. The van der Waals surface area contributed by atoms with E-state index >= 15 is 0 Å². The summed E-state index contributed by atoms with van der Waals surface area (Å²) in [5.41, 5.74) is 2.74. The van der Waals surface area contributed by atoms with Gasteiger partial charge in [0.1, 0.15) is 18.6 Å². The van der Waals surface area contributed by atoms with Crippen LogP contribution in [-0.4, -0.2) is 23.6 Å². The smallest absolute Gasteiger partial charge is 0.315 e. The van der Waals surface area contributed by atoms with E-state index in [2.05, 4.69) is 23.8 Å². The second-order valence-electron chi connectivity index (χ2n) is 8.45. The van der Waals surface area contributed by atoms with Crippen LogP contribution in [-0.2, 0) is 16.1 Å². The number of nitrogens with two attached hydrogens (primary N) is 1. The van der Waals surface area contributed by atoms with Crippen LogP contribution in [0.25, 0.3) is 0 Å². The van der Waals surface area contributed by atoms with Crippen molar-refractivity contribution in [1.82, 2.24) is 4.98 Å². The standard InChI is InChI=1S/C21H28N2O2/c1-14-6-5-8-21(2)11-19-16(10-18(14)21)17(20(24)25-19)13-22-12-15-7-3-4-9-23-15/h3-4,7,9,16-19,22H,1,5-6,8,10-13H2,2H3/p+1/t16-,17+,18+,19-,21-/m1/s1. The van der Waals surface area contributed by atoms with Crippen LogP contribution in [0.1, 0.15) is 44.7 Å². The van der Waals surface area contributed by atoms with E-state index in [1.54, 1.807) is 0 Å². The summed E-state index contributed by atoms with van der Waals surface area (Å²) in [4.78, 5) is 16.9. The first-order chi connectivity index (χ1) is 12.1. The van der Waals surface area contributed by atoms with E-state index in [-0.39, 0.29) is 23.4 Å². The number of nitrogens with zero attached hydrogens (tertiary/aromatic N) is 1. The highest BCUT2D eigenvalue weighted by atomic mass is 16.6. The molecule has 4 rings (SSSR count). The highest BCUT2D eigenvalue weighted by molar-refractivity contribution is 5.75. The lowest BCUT2D eigenvalue weighted by Gasteiger charge is -2.49. The number of fused-ring (bicyclic) bond motifs is 2. The van der Waals surface area contributed by atoms with Gasteiger partial charge in [0.15, 0.2) is 0 Å². The fourth-order valence-corrected chi connectivity index (χ4v) is 5.46. The van der Waals surface area contributed by atoms with Gasteiger partial charge in [-0.1, -0.05) is 25.1 Å². The van der Waals surface area contributed by atoms with Crippen molar-refractivity contribution in [1.29, 1.82) is 0 Å². The highest BCUT2D eigenvalue weighted by Gasteiger charge is 2.55. The Hall–Kier alpha value is -1.68. The molecule has 1 aliphatic heterocycles. The van der Waals surface area contributed by atoms with E-state index in [9.17, 15) is 4.79 Å². The maximum Gasteiger partial charge on any atom is 0.315 e. The largest absolute Gasteiger partial charge is 0.462 e. The molecule has 0 aromatic carbocycles. The Morgan fingerprint density at radius 3 is 3.12 bits per heavy atom. The summed E-state index contributed by atoms with van der Waals surface area (Å²) in [6.07, 6.45) is 7.67. The summed E-state index contributed by atoms with van der Waals surface area (Å²) in [7, 11) is 0. The van der Waals surface area contributed by atoms with Gasteiger partial charge in [-0.25, -0.2) is 0 Å². The lowest BCUT2D eigenvalue weighted by atomic mass is 9.55. The Kier molecular flexibility index (Phi) is 4.40. The number of rotatable bonds is 4. The molecule has 2 N–H and O–H groups in total. The molecule has 1 aromatic rings. The van der Waals surface area contributed by atoms with Crippen LogP contribution in [0.3, 0.4) is 0 Å². The molecule has 1 aromatic heterocycles. The van der Waals surface area contributed by atoms with Crippen molar-refractivity contribution in [2.45, 2.75) is 51.7 Å². The summed E-state index contributed by atoms with van der Waals surface area (Å²) in [5.74, 6) is 0.962. The van der Waals surface area contributed by atoms with Crippen LogP contribution in [0.5, 0.6) is 0 Å². The van der Waals surface area contributed by atoms with Crippen LogP contribution in [0.4, 0.5) is 0 Å². The number of ether oxygens (including phenoxy) is 1. The van der Waals surface area contributed by atoms with Crippen molar-refractivity contribution < 1.29 is 14.8 Å². The van der Waals surface area contributed by atoms with Crippen molar-refractivity contribution in [3.8, 4) is 0 Å². The van der Waals surface area contributed by atoms with Gasteiger partial charge in [-0.3, -0.25) is 9.78 Å². The summed E-state index contributed by atoms with van der Waals surface area (Å²) in [6, 6.07) is 5.97. The Morgan fingerprint density at radius 1 is 1.44 bits per heavy atom. The predicted octanol–water partition coefficient (Wildman–Crippen LogP) is 2.46. The van der Waals surface area contributed by atoms with E-state index in [4.69, 9.17) is 4.74 Å². The molecule has 0 radical (unpaired) electrons. The molecule has 3 fully saturated rings.